The lowest BCUT2D eigenvalue weighted by Crippen LogP contribution is -2.57. The molecule has 3 aliphatic rings. The number of anilines is 1. The first kappa shape index (κ1) is 31.8. The van der Waals surface area contributed by atoms with E-state index in [9.17, 15) is 9.90 Å². The topological polar surface area (TPSA) is 98.2 Å². The summed E-state index contributed by atoms with van der Waals surface area (Å²) in [7, 11) is 0. The van der Waals surface area contributed by atoms with Crippen LogP contribution in [0.4, 0.5) is 5.82 Å². The summed E-state index contributed by atoms with van der Waals surface area (Å²) in [6.45, 7) is 22.5. The first-order chi connectivity index (χ1) is 20.3. The number of carbonyl (C=O) groups is 1. The molecule has 2 aromatic rings. The van der Waals surface area contributed by atoms with Crippen LogP contribution < -0.4 is 4.90 Å². The first-order valence-electron chi connectivity index (χ1n) is 15.9. The molecular formula is C33H51N7O3. The molecule has 3 aliphatic heterocycles. The van der Waals surface area contributed by atoms with E-state index in [0.29, 0.717) is 6.04 Å². The predicted molar refractivity (Wildman–Crippen MR) is 169 cm³/mol. The van der Waals surface area contributed by atoms with Gasteiger partial charge in [0.1, 0.15) is 5.54 Å². The standard InChI is InChI=1S/C33H51N7O3/c1-31(2,27-8-7-25(21-34-27)22-37-13-19-40(20-14-37)33(5,6)30(41)42)11-12-32(3,4)28-9-10-29(36-35-28)39-17-15-38(16-18-39)26-23-43-24-26/h7-10,21,26H,11-20,22-24H2,1-6H3,(H,41,42). The van der Waals surface area contributed by atoms with Crippen molar-refractivity contribution in [1.82, 2.24) is 29.9 Å². The maximum Gasteiger partial charge on any atom is 0.323 e. The summed E-state index contributed by atoms with van der Waals surface area (Å²) in [6, 6.07) is 9.29. The first-order valence-corrected chi connectivity index (χ1v) is 15.9. The SMILES string of the molecule is CC(C)(CCC(C)(C)c1ccc(N2CCN(C3COC3)CC2)nn1)c1ccc(CN2CCN(C(C)(C)C(=O)O)CC2)cn1. The van der Waals surface area contributed by atoms with Gasteiger partial charge in [0.25, 0.3) is 0 Å². The lowest BCUT2D eigenvalue weighted by atomic mass is 9.75. The fourth-order valence-electron chi connectivity index (χ4n) is 6.26. The molecule has 1 N–H and O–H groups in total. The number of pyridine rings is 1. The van der Waals surface area contributed by atoms with Crippen LogP contribution in [-0.4, -0.2) is 118 Å². The molecule has 0 amide bonds. The van der Waals surface area contributed by atoms with Crippen molar-refractivity contribution in [3.8, 4) is 0 Å². The van der Waals surface area contributed by atoms with Crippen LogP contribution in [0.3, 0.4) is 0 Å². The summed E-state index contributed by atoms with van der Waals surface area (Å²) in [5.74, 6) is 0.206. The van der Waals surface area contributed by atoms with Gasteiger partial charge in [-0.15, -0.1) is 5.10 Å². The number of hydrogen-bond acceptors (Lipinski definition) is 9. The van der Waals surface area contributed by atoms with Gasteiger partial charge in [0.15, 0.2) is 5.82 Å². The zero-order valence-electron chi connectivity index (χ0n) is 27.1. The molecule has 0 radical (unpaired) electrons. The molecule has 236 valence electrons. The second-order valence-electron chi connectivity index (χ2n) is 14.4. The largest absolute Gasteiger partial charge is 0.480 e. The van der Waals surface area contributed by atoms with E-state index in [-0.39, 0.29) is 10.8 Å². The minimum absolute atomic E-state index is 0.0671. The molecule has 3 saturated heterocycles. The molecular weight excluding hydrogens is 542 g/mol. The van der Waals surface area contributed by atoms with E-state index >= 15 is 0 Å². The van der Waals surface area contributed by atoms with Crippen molar-refractivity contribution < 1.29 is 14.6 Å². The molecule has 0 unspecified atom stereocenters. The summed E-state index contributed by atoms with van der Waals surface area (Å²) in [6.07, 6.45) is 3.99. The number of ether oxygens (including phenoxy) is 1. The highest BCUT2D eigenvalue weighted by Gasteiger charge is 2.36. The molecule has 2 aromatic heterocycles. The molecule has 0 bridgehead atoms. The van der Waals surface area contributed by atoms with E-state index in [0.717, 1.165) is 102 Å². The van der Waals surface area contributed by atoms with Gasteiger partial charge in [-0.05, 0) is 50.5 Å². The van der Waals surface area contributed by atoms with Crippen LogP contribution in [0, 0.1) is 0 Å². The van der Waals surface area contributed by atoms with E-state index in [4.69, 9.17) is 14.8 Å². The van der Waals surface area contributed by atoms with Gasteiger partial charge in [0.05, 0.1) is 24.9 Å². The van der Waals surface area contributed by atoms with Crippen molar-refractivity contribution in [2.75, 3.05) is 70.5 Å². The molecule has 0 saturated carbocycles. The number of aromatic nitrogens is 3. The number of hydrogen-bond donors (Lipinski definition) is 1. The Hall–Kier alpha value is -2.66. The Balaban J connectivity index is 1.10. The highest BCUT2D eigenvalue weighted by atomic mass is 16.5. The zero-order chi connectivity index (χ0) is 30.8. The Kier molecular flexibility index (Phi) is 9.42. The minimum atomic E-state index is -0.827. The number of carboxylic acid groups (broad SMARTS) is 1. The molecule has 10 nitrogen and oxygen atoms in total. The quantitative estimate of drug-likeness (QED) is 0.418. The summed E-state index contributed by atoms with van der Waals surface area (Å²) in [5.41, 5.74) is 2.35. The van der Waals surface area contributed by atoms with Crippen LogP contribution in [0.2, 0.25) is 0 Å². The van der Waals surface area contributed by atoms with Crippen LogP contribution in [0.15, 0.2) is 30.5 Å². The average molecular weight is 594 g/mol. The summed E-state index contributed by atoms with van der Waals surface area (Å²) in [5, 5.41) is 18.9. The fraction of sp³-hybridized carbons (Fsp3) is 0.697. The predicted octanol–water partition coefficient (Wildman–Crippen LogP) is 3.41. The third kappa shape index (κ3) is 7.36. The third-order valence-corrected chi connectivity index (χ3v) is 10.1. The van der Waals surface area contributed by atoms with Gasteiger partial charge in [0.2, 0.25) is 0 Å². The van der Waals surface area contributed by atoms with Crippen LogP contribution in [0.5, 0.6) is 0 Å². The Morgan fingerprint density at radius 1 is 0.837 bits per heavy atom. The van der Waals surface area contributed by atoms with Gasteiger partial charge in [0, 0.05) is 81.6 Å². The Bertz CT molecular complexity index is 1210. The van der Waals surface area contributed by atoms with Crippen LogP contribution in [-0.2, 0) is 26.9 Å². The number of nitrogens with zero attached hydrogens (tertiary/aromatic N) is 7. The molecule has 43 heavy (non-hydrogen) atoms. The van der Waals surface area contributed by atoms with Crippen molar-refractivity contribution in [2.24, 2.45) is 0 Å². The molecule has 0 spiro atoms. The number of piperazine rings is 2. The molecule has 5 rings (SSSR count). The molecule has 3 fully saturated rings. The Labute approximate surface area is 257 Å². The van der Waals surface area contributed by atoms with E-state index in [1.165, 1.54) is 5.56 Å². The molecule has 0 aliphatic carbocycles. The van der Waals surface area contributed by atoms with Gasteiger partial charge >= 0.3 is 5.97 Å². The van der Waals surface area contributed by atoms with Crippen molar-refractivity contribution in [1.29, 1.82) is 0 Å². The van der Waals surface area contributed by atoms with Crippen LogP contribution in [0.25, 0.3) is 0 Å². The van der Waals surface area contributed by atoms with E-state index in [1.54, 1.807) is 13.8 Å². The lowest BCUT2D eigenvalue weighted by molar-refractivity contribution is -0.150. The summed E-state index contributed by atoms with van der Waals surface area (Å²) < 4.78 is 5.36. The van der Waals surface area contributed by atoms with Gasteiger partial charge in [-0.1, -0.05) is 33.8 Å². The van der Waals surface area contributed by atoms with Gasteiger partial charge in [-0.25, -0.2) is 0 Å². The molecule has 0 atom stereocenters. The highest BCUT2D eigenvalue weighted by molar-refractivity contribution is 5.77. The number of rotatable bonds is 11. The van der Waals surface area contributed by atoms with Crippen LogP contribution in [0.1, 0.15) is 71.3 Å². The van der Waals surface area contributed by atoms with Gasteiger partial charge in [-0.3, -0.25) is 24.5 Å². The van der Waals surface area contributed by atoms with Gasteiger partial charge < -0.3 is 14.7 Å². The molecule has 10 heteroatoms. The van der Waals surface area contributed by atoms with Crippen molar-refractivity contribution in [2.45, 2.75) is 83.3 Å². The molecule has 5 heterocycles. The summed E-state index contributed by atoms with van der Waals surface area (Å²) in [4.78, 5) is 25.8. The van der Waals surface area contributed by atoms with Crippen molar-refractivity contribution in [3.63, 3.8) is 0 Å². The third-order valence-electron chi connectivity index (χ3n) is 10.1. The zero-order valence-corrected chi connectivity index (χ0v) is 27.1. The van der Waals surface area contributed by atoms with Crippen molar-refractivity contribution in [3.05, 3.63) is 47.4 Å². The smallest absolute Gasteiger partial charge is 0.323 e. The number of carboxylic acids is 1. The fourth-order valence-corrected chi connectivity index (χ4v) is 6.26. The second kappa shape index (κ2) is 12.8. The maximum absolute atomic E-state index is 11.6. The molecule has 0 aromatic carbocycles. The minimum Gasteiger partial charge on any atom is -0.480 e. The Morgan fingerprint density at radius 3 is 1.98 bits per heavy atom. The number of aliphatic carboxylic acids is 1. The summed E-state index contributed by atoms with van der Waals surface area (Å²) >= 11 is 0. The monoisotopic (exact) mass is 593 g/mol. The maximum atomic E-state index is 11.6. The van der Waals surface area contributed by atoms with Crippen LogP contribution >= 0.6 is 0 Å². The van der Waals surface area contributed by atoms with Crippen molar-refractivity contribution >= 4 is 11.8 Å². The normalized spacial score (nSPS) is 20.3. The average Bonchev–Trinajstić information content (AvgIpc) is 2.96. The lowest BCUT2D eigenvalue weighted by Gasteiger charge is -2.42. The Morgan fingerprint density at radius 2 is 1.47 bits per heavy atom. The van der Waals surface area contributed by atoms with E-state index in [2.05, 4.69) is 76.7 Å². The van der Waals surface area contributed by atoms with E-state index < -0.39 is 11.5 Å². The highest BCUT2D eigenvalue weighted by Crippen LogP contribution is 2.35. The second-order valence-corrected chi connectivity index (χ2v) is 14.4. The van der Waals surface area contributed by atoms with Gasteiger partial charge in [-0.2, -0.15) is 5.10 Å². The van der Waals surface area contributed by atoms with E-state index in [1.807, 2.05) is 6.20 Å².